The molecule has 1 fully saturated rings. The summed E-state index contributed by atoms with van der Waals surface area (Å²) in [6.45, 7) is -1.75. The lowest BCUT2D eigenvalue weighted by atomic mass is 9.92. The van der Waals surface area contributed by atoms with Crippen LogP contribution in [0.5, 0.6) is 0 Å². The summed E-state index contributed by atoms with van der Waals surface area (Å²) in [7, 11) is 0. The SMILES string of the molecule is OC[C@@H](O)[C@@H](O)[C@@H]1O[C@H](O)[C@@](O)(CO)[C@@H]1O. The summed E-state index contributed by atoms with van der Waals surface area (Å²) >= 11 is 0. The minimum absolute atomic E-state index is 0.776. The molecule has 0 unspecified atom stereocenters. The van der Waals surface area contributed by atoms with Crippen molar-refractivity contribution in [2.45, 2.75) is 36.3 Å². The molecule has 0 saturated carbocycles. The number of hydrogen-bond donors (Lipinski definition) is 7. The van der Waals surface area contributed by atoms with E-state index in [0.717, 1.165) is 0 Å². The summed E-state index contributed by atoms with van der Waals surface area (Å²) < 4.78 is 4.64. The molecule has 8 nitrogen and oxygen atoms in total. The molecule has 0 radical (unpaired) electrons. The van der Waals surface area contributed by atoms with Crippen molar-refractivity contribution in [2.24, 2.45) is 0 Å². The van der Waals surface area contributed by atoms with Crippen LogP contribution in [-0.4, -0.2) is 85.3 Å². The highest BCUT2D eigenvalue weighted by Gasteiger charge is 2.57. The van der Waals surface area contributed by atoms with Gasteiger partial charge in [0.15, 0.2) is 11.9 Å². The average molecular weight is 240 g/mol. The molecule has 6 atom stereocenters. The van der Waals surface area contributed by atoms with Crippen LogP contribution in [0.1, 0.15) is 0 Å². The molecule has 0 aromatic rings. The molecule has 8 heteroatoms. The van der Waals surface area contributed by atoms with Gasteiger partial charge in [-0.2, -0.15) is 0 Å². The fraction of sp³-hybridized carbons (Fsp3) is 1.00. The molecular weight excluding hydrogens is 224 g/mol. The first-order valence-electron chi connectivity index (χ1n) is 4.70. The van der Waals surface area contributed by atoms with Crippen LogP contribution in [0, 0.1) is 0 Å². The molecule has 0 aliphatic carbocycles. The maximum atomic E-state index is 9.58. The highest BCUT2D eigenvalue weighted by atomic mass is 16.7. The monoisotopic (exact) mass is 240 g/mol. The van der Waals surface area contributed by atoms with Gasteiger partial charge in [-0.1, -0.05) is 0 Å². The maximum Gasteiger partial charge on any atom is 0.189 e. The van der Waals surface area contributed by atoms with Gasteiger partial charge in [0.1, 0.15) is 24.4 Å². The van der Waals surface area contributed by atoms with Gasteiger partial charge in [-0.3, -0.25) is 0 Å². The van der Waals surface area contributed by atoms with E-state index in [1.807, 2.05) is 0 Å². The van der Waals surface area contributed by atoms with E-state index in [0.29, 0.717) is 0 Å². The van der Waals surface area contributed by atoms with Crippen LogP contribution in [0.2, 0.25) is 0 Å². The second kappa shape index (κ2) is 4.90. The number of aliphatic hydroxyl groups excluding tert-OH is 6. The Morgan fingerprint density at radius 2 is 1.75 bits per heavy atom. The Bertz CT molecular complexity index is 236. The Morgan fingerprint density at radius 1 is 1.19 bits per heavy atom. The van der Waals surface area contributed by atoms with Crippen molar-refractivity contribution in [2.75, 3.05) is 13.2 Å². The highest BCUT2D eigenvalue weighted by Crippen LogP contribution is 2.31. The molecule has 1 aliphatic heterocycles. The first-order valence-corrected chi connectivity index (χ1v) is 4.70. The van der Waals surface area contributed by atoms with Crippen LogP contribution in [0.25, 0.3) is 0 Å². The predicted molar refractivity (Wildman–Crippen MR) is 48.0 cm³/mol. The second-order valence-corrected chi connectivity index (χ2v) is 3.79. The van der Waals surface area contributed by atoms with Crippen molar-refractivity contribution in [1.82, 2.24) is 0 Å². The van der Waals surface area contributed by atoms with E-state index in [2.05, 4.69) is 4.74 Å². The van der Waals surface area contributed by atoms with Gasteiger partial charge in [-0.15, -0.1) is 0 Å². The van der Waals surface area contributed by atoms with Gasteiger partial charge in [0.25, 0.3) is 0 Å². The third-order valence-electron chi connectivity index (χ3n) is 2.71. The Morgan fingerprint density at radius 3 is 2.12 bits per heavy atom. The van der Waals surface area contributed by atoms with Crippen molar-refractivity contribution in [1.29, 1.82) is 0 Å². The molecule has 1 rings (SSSR count). The third-order valence-corrected chi connectivity index (χ3v) is 2.71. The summed E-state index contributed by atoms with van der Waals surface area (Å²) in [4.78, 5) is 0. The summed E-state index contributed by atoms with van der Waals surface area (Å²) in [5.74, 6) is 0. The number of ether oxygens (including phenoxy) is 1. The molecule has 0 aromatic carbocycles. The molecule has 96 valence electrons. The number of aliphatic hydroxyl groups is 7. The lowest BCUT2D eigenvalue weighted by Gasteiger charge is -2.27. The lowest BCUT2D eigenvalue weighted by Crippen LogP contribution is -2.54. The van der Waals surface area contributed by atoms with Gasteiger partial charge in [0.2, 0.25) is 0 Å². The summed E-state index contributed by atoms with van der Waals surface area (Å²) in [6.07, 6.45) is -8.47. The van der Waals surface area contributed by atoms with Gasteiger partial charge in [-0.05, 0) is 0 Å². The Labute approximate surface area is 91.0 Å². The Balaban J connectivity index is 2.79. The summed E-state index contributed by atoms with van der Waals surface area (Å²) in [5, 5.41) is 64.3. The zero-order valence-electron chi connectivity index (χ0n) is 8.34. The fourth-order valence-electron chi connectivity index (χ4n) is 1.54. The molecule has 0 spiro atoms. The van der Waals surface area contributed by atoms with E-state index in [4.69, 9.17) is 15.3 Å². The van der Waals surface area contributed by atoms with Crippen LogP contribution in [0.15, 0.2) is 0 Å². The molecule has 1 aliphatic rings. The van der Waals surface area contributed by atoms with Gasteiger partial charge >= 0.3 is 0 Å². The first-order chi connectivity index (χ1) is 7.38. The maximum absolute atomic E-state index is 9.58. The fourth-order valence-corrected chi connectivity index (χ4v) is 1.54. The van der Waals surface area contributed by atoms with Gasteiger partial charge in [-0.25, -0.2) is 0 Å². The first kappa shape index (κ1) is 13.7. The minimum Gasteiger partial charge on any atom is -0.394 e. The zero-order valence-corrected chi connectivity index (χ0v) is 8.34. The molecule has 0 aromatic heterocycles. The van der Waals surface area contributed by atoms with Gasteiger partial charge < -0.3 is 40.5 Å². The van der Waals surface area contributed by atoms with Gasteiger partial charge in [0, 0.05) is 0 Å². The third kappa shape index (κ3) is 2.06. The Hall–Kier alpha value is -0.320. The van der Waals surface area contributed by atoms with Crippen LogP contribution >= 0.6 is 0 Å². The van der Waals surface area contributed by atoms with E-state index < -0.39 is 49.5 Å². The van der Waals surface area contributed by atoms with E-state index >= 15 is 0 Å². The summed E-state index contributed by atoms with van der Waals surface area (Å²) in [5.41, 5.74) is -2.32. The second-order valence-electron chi connectivity index (χ2n) is 3.79. The summed E-state index contributed by atoms with van der Waals surface area (Å²) in [6, 6.07) is 0. The molecule has 1 heterocycles. The quantitative estimate of drug-likeness (QED) is 0.260. The smallest absolute Gasteiger partial charge is 0.189 e. The van der Waals surface area contributed by atoms with E-state index in [1.54, 1.807) is 0 Å². The van der Waals surface area contributed by atoms with E-state index in [9.17, 15) is 20.4 Å². The van der Waals surface area contributed by atoms with Crippen molar-refractivity contribution >= 4 is 0 Å². The van der Waals surface area contributed by atoms with Crippen LogP contribution in [0.4, 0.5) is 0 Å². The van der Waals surface area contributed by atoms with Crippen molar-refractivity contribution in [3.05, 3.63) is 0 Å². The van der Waals surface area contributed by atoms with Crippen molar-refractivity contribution in [3.8, 4) is 0 Å². The van der Waals surface area contributed by atoms with Crippen LogP contribution in [0.3, 0.4) is 0 Å². The molecule has 16 heavy (non-hydrogen) atoms. The van der Waals surface area contributed by atoms with Crippen LogP contribution < -0.4 is 0 Å². The molecule has 1 saturated heterocycles. The predicted octanol–water partition coefficient (Wildman–Crippen LogP) is -4.50. The molecule has 0 amide bonds. The van der Waals surface area contributed by atoms with Gasteiger partial charge in [0.05, 0.1) is 13.2 Å². The number of hydrogen-bond acceptors (Lipinski definition) is 8. The molecule has 0 bridgehead atoms. The topological polar surface area (TPSA) is 151 Å². The molecular formula is C8H16O8. The number of rotatable bonds is 4. The lowest BCUT2D eigenvalue weighted by molar-refractivity contribution is -0.197. The minimum atomic E-state index is -2.32. The highest BCUT2D eigenvalue weighted by molar-refractivity contribution is 5.02. The van der Waals surface area contributed by atoms with Crippen molar-refractivity contribution < 1.29 is 40.5 Å². The molecule has 7 N–H and O–H groups in total. The van der Waals surface area contributed by atoms with Crippen LogP contribution in [-0.2, 0) is 4.74 Å². The standard InChI is InChI=1S/C8H16O8/c9-1-3(11)4(12)5-6(13)8(15,2-10)7(14)16-5/h3-7,9-15H,1-2H2/t3-,4-,5+,6-,7+,8-/m1/s1. The normalized spacial score (nSPS) is 43.3. The zero-order chi connectivity index (χ0) is 12.5. The largest absolute Gasteiger partial charge is 0.394 e. The van der Waals surface area contributed by atoms with E-state index in [1.165, 1.54) is 0 Å². The Kier molecular flexibility index (Phi) is 4.21. The average Bonchev–Trinajstić information content (AvgIpc) is 2.52. The van der Waals surface area contributed by atoms with E-state index in [-0.39, 0.29) is 0 Å². The van der Waals surface area contributed by atoms with Crippen molar-refractivity contribution in [3.63, 3.8) is 0 Å².